The lowest BCUT2D eigenvalue weighted by atomic mass is 9.90. The number of carbonyl (C=O) groups excluding carboxylic acids is 2. The summed E-state index contributed by atoms with van der Waals surface area (Å²) in [6, 6.07) is 19.3. The van der Waals surface area contributed by atoms with E-state index in [0.717, 1.165) is 26.9 Å². The Balaban J connectivity index is 1.48. The van der Waals surface area contributed by atoms with Crippen LogP contribution in [0.5, 0.6) is 0 Å². The molecule has 3 N–H and O–H groups in total. The summed E-state index contributed by atoms with van der Waals surface area (Å²) in [4.78, 5) is 29.6. The summed E-state index contributed by atoms with van der Waals surface area (Å²) in [5, 5.41) is 7.36. The van der Waals surface area contributed by atoms with Crippen LogP contribution < -0.4 is 10.6 Å². The standard InChI is InChI=1S/C24H22ClN3O2S/c1-15-10-11-22(31-15)24(30)28-14-23(29)27-13-18(16-6-2-4-8-20(16)25)19-12-26-21-9-5-3-7-17(19)21/h2-12,18,26H,13-14H2,1H3,(H,27,29)(H,28,30). The van der Waals surface area contributed by atoms with E-state index in [4.69, 9.17) is 11.6 Å². The molecule has 7 heteroatoms. The number of nitrogens with one attached hydrogen (secondary N) is 3. The van der Waals surface area contributed by atoms with Gasteiger partial charge in [0.1, 0.15) is 0 Å². The minimum absolute atomic E-state index is 0.0844. The Hall–Kier alpha value is -3.09. The molecule has 1 unspecified atom stereocenters. The Morgan fingerprint density at radius 1 is 1.00 bits per heavy atom. The minimum Gasteiger partial charge on any atom is -0.361 e. The van der Waals surface area contributed by atoms with Crippen molar-refractivity contribution in [1.82, 2.24) is 15.6 Å². The number of benzene rings is 2. The van der Waals surface area contributed by atoms with Gasteiger partial charge < -0.3 is 15.6 Å². The van der Waals surface area contributed by atoms with Crippen LogP contribution in [0.15, 0.2) is 66.9 Å². The van der Waals surface area contributed by atoms with E-state index in [1.807, 2.05) is 61.7 Å². The van der Waals surface area contributed by atoms with Crippen molar-refractivity contribution in [1.29, 1.82) is 0 Å². The summed E-state index contributed by atoms with van der Waals surface area (Å²) in [5.41, 5.74) is 3.02. The third-order valence-corrected chi connectivity index (χ3v) is 6.50. The molecule has 0 aliphatic carbocycles. The van der Waals surface area contributed by atoms with Crippen molar-refractivity contribution < 1.29 is 9.59 Å². The van der Waals surface area contributed by atoms with E-state index in [0.29, 0.717) is 16.4 Å². The summed E-state index contributed by atoms with van der Waals surface area (Å²) in [7, 11) is 0. The van der Waals surface area contributed by atoms with Gasteiger partial charge in [-0.1, -0.05) is 48.0 Å². The maximum atomic E-state index is 12.5. The zero-order valence-corrected chi connectivity index (χ0v) is 18.5. The van der Waals surface area contributed by atoms with Crippen molar-refractivity contribution in [3.05, 3.63) is 92.8 Å². The minimum atomic E-state index is -0.251. The van der Waals surface area contributed by atoms with Crippen LogP contribution in [-0.2, 0) is 4.79 Å². The largest absolute Gasteiger partial charge is 0.361 e. The van der Waals surface area contributed by atoms with E-state index >= 15 is 0 Å². The zero-order valence-electron chi connectivity index (χ0n) is 16.9. The normalized spacial score (nSPS) is 11.9. The van der Waals surface area contributed by atoms with Gasteiger partial charge in [-0.3, -0.25) is 9.59 Å². The van der Waals surface area contributed by atoms with Crippen LogP contribution in [0.1, 0.15) is 31.6 Å². The van der Waals surface area contributed by atoms with Crippen LogP contribution in [-0.4, -0.2) is 29.9 Å². The van der Waals surface area contributed by atoms with Gasteiger partial charge in [0.2, 0.25) is 5.91 Å². The lowest BCUT2D eigenvalue weighted by molar-refractivity contribution is -0.120. The molecule has 2 amide bonds. The highest BCUT2D eigenvalue weighted by Gasteiger charge is 2.21. The Bertz CT molecular complexity index is 1230. The van der Waals surface area contributed by atoms with E-state index in [9.17, 15) is 9.59 Å². The number of hydrogen-bond donors (Lipinski definition) is 3. The average molecular weight is 452 g/mol. The van der Waals surface area contributed by atoms with Crippen LogP contribution >= 0.6 is 22.9 Å². The molecule has 158 valence electrons. The van der Waals surface area contributed by atoms with E-state index in [1.165, 1.54) is 11.3 Å². The van der Waals surface area contributed by atoms with Gasteiger partial charge in [0.15, 0.2) is 0 Å². The fourth-order valence-corrected chi connectivity index (χ4v) is 4.66. The second-order valence-corrected chi connectivity index (χ2v) is 8.96. The van der Waals surface area contributed by atoms with Gasteiger partial charge in [-0.2, -0.15) is 0 Å². The van der Waals surface area contributed by atoms with E-state index in [1.54, 1.807) is 6.07 Å². The molecule has 0 saturated carbocycles. The molecule has 31 heavy (non-hydrogen) atoms. The molecule has 4 rings (SSSR count). The number of carbonyl (C=O) groups is 2. The first kappa shape index (κ1) is 21.2. The third-order valence-electron chi connectivity index (χ3n) is 5.15. The fraction of sp³-hybridized carbons (Fsp3) is 0.167. The van der Waals surface area contributed by atoms with Gasteiger partial charge >= 0.3 is 0 Å². The number of rotatable bonds is 7. The molecular formula is C24H22ClN3O2S. The molecule has 1 atom stereocenters. The average Bonchev–Trinajstić information content (AvgIpc) is 3.40. The molecule has 0 bridgehead atoms. The van der Waals surface area contributed by atoms with E-state index in [-0.39, 0.29) is 24.3 Å². The second-order valence-electron chi connectivity index (χ2n) is 7.26. The molecule has 5 nitrogen and oxygen atoms in total. The summed E-state index contributed by atoms with van der Waals surface area (Å²) in [6.07, 6.45) is 1.96. The molecule has 0 aliphatic heterocycles. The fourth-order valence-electron chi connectivity index (χ4n) is 3.61. The highest BCUT2D eigenvalue weighted by molar-refractivity contribution is 7.13. The molecule has 2 aromatic carbocycles. The van der Waals surface area contributed by atoms with Crippen LogP contribution in [0.25, 0.3) is 10.9 Å². The van der Waals surface area contributed by atoms with Gasteiger partial charge in [-0.25, -0.2) is 0 Å². The summed E-state index contributed by atoms with van der Waals surface area (Å²) in [6.45, 7) is 2.21. The molecule has 4 aromatic rings. The number of aromatic nitrogens is 1. The predicted molar refractivity (Wildman–Crippen MR) is 126 cm³/mol. The Morgan fingerprint density at radius 3 is 2.55 bits per heavy atom. The maximum absolute atomic E-state index is 12.5. The lowest BCUT2D eigenvalue weighted by Crippen LogP contribution is -2.38. The molecule has 0 spiro atoms. The van der Waals surface area contributed by atoms with Crippen molar-refractivity contribution in [3.8, 4) is 0 Å². The number of aromatic amines is 1. The topological polar surface area (TPSA) is 74.0 Å². The number of halogens is 1. The summed E-state index contributed by atoms with van der Waals surface area (Å²) >= 11 is 7.90. The maximum Gasteiger partial charge on any atom is 0.261 e. The van der Waals surface area contributed by atoms with Crippen LogP contribution in [0.2, 0.25) is 5.02 Å². The number of amides is 2. The van der Waals surface area contributed by atoms with Gasteiger partial charge in [0.25, 0.3) is 5.91 Å². The number of fused-ring (bicyclic) bond motifs is 1. The first-order valence-electron chi connectivity index (χ1n) is 9.94. The van der Waals surface area contributed by atoms with Crippen LogP contribution in [0.3, 0.4) is 0 Å². The Labute approximate surface area is 189 Å². The van der Waals surface area contributed by atoms with Crippen molar-refractivity contribution in [2.75, 3.05) is 13.1 Å². The number of aryl methyl sites for hydroxylation is 1. The van der Waals surface area contributed by atoms with Crippen LogP contribution in [0.4, 0.5) is 0 Å². The summed E-state index contributed by atoms with van der Waals surface area (Å²) in [5.74, 6) is -0.629. The van der Waals surface area contributed by atoms with Gasteiger partial charge in [-0.15, -0.1) is 11.3 Å². The lowest BCUT2D eigenvalue weighted by Gasteiger charge is -2.19. The molecule has 0 aliphatic rings. The molecule has 2 aromatic heterocycles. The molecule has 0 saturated heterocycles. The Kier molecular flexibility index (Phi) is 6.39. The zero-order chi connectivity index (χ0) is 21.8. The van der Waals surface area contributed by atoms with Gasteiger partial charge in [-0.05, 0) is 42.3 Å². The smallest absolute Gasteiger partial charge is 0.261 e. The molecular weight excluding hydrogens is 430 g/mol. The number of hydrogen-bond acceptors (Lipinski definition) is 3. The third kappa shape index (κ3) is 4.81. The molecule has 0 radical (unpaired) electrons. The second kappa shape index (κ2) is 9.37. The van der Waals surface area contributed by atoms with Crippen molar-refractivity contribution in [2.24, 2.45) is 0 Å². The van der Waals surface area contributed by atoms with Crippen molar-refractivity contribution >= 4 is 45.7 Å². The first-order valence-corrected chi connectivity index (χ1v) is 11.1. The van der Waals surface area contributed by atoms with Crippen molar-refractivity contribution in [3.63, 3.8) is 0 Å². The van der Waals surface area contributed by atoms with Crippen molar-refractivity contribution in [2.45, 2.75) is 12.8 Å². The molecule has 0 fully saturated rings. The predicted octanol–water partition coefficient (Wildman–Crippen LogP) is 4.87. The van der Waals surface area contributed by atoms with E-state index in [2.05, 4.69) is 21.7 Å². The first-order chi connectivity index (χ1) is 15.0. The number of thiophene rings is 1. The summed E-state index contributed by atoms with van der Waals surface area (Å²) < 4.78 is 0. The monoisotopic (exact) mass is 451 g/mol. The number of para-hydroxylation sites is 1. The van der Waals surface area contributed by atoms with Crippen LogP contribution in [0, 0.1) is 6.92 Å². The van der Waals surface area contributed by atoms with E-state index < -0.39 is 0 Å². The highest BCUT2D eigenvalue weighted by atomic mass is 35.5. The SMILES string of the molecule is Cc1ccc(C(=O)NCC(=O)NCC(c2ccccc2Cl)c2c[nH]c3ccccc23)s1. The molecule has 2 heterocycles. The van der Waals surface area contributed by atoms with Gasteiger partial charge in [0, 0.05) is 39.5 Å². The highest BCUT2D eigenvalue weighted by Crippen LogP contribution is 2.34. The Morgan fingerprint density at radius 2 is 1.77 bits per heavy atom. The number of H-pyrrole nitrogens is 1. The quantitative estimate of drug-likeness (QED) is 0.375. The van der Waals surface area contributed by atoms with Gasteiger partial charge in [0.05, 0.1) is 11.4 Å².